The highest BCUT2D eigenvalue weighted by molar-refractivity contribution is 9.11. The van der Waals surface area contributed by atoms with E-state index in [1.54, 1.807) is 17.4 Å². The Morgan fingerprint density at radius 1 is 1.39 bits per heavy atom. The Balaban J connectivity index is 2.17. The molecule has 1 aromatic rings. The number of carbonyl (C=O) groups is 2. The third-order valence-electron chi connectivity index (χ3n) is 2.04. The minimum absolute atomic E-state index is 0.0516. The maximum absolute atomic E-state index is 11.4. The molecule has 0 aliphatic carbocycles. The molecule has 1 heterocycles. The van der Waals surface area contributed by atoms with Crippen molar-refractivity contribution in [3.05, 3.63) is 26.9 Å². The van der Waals surface area contributed by atoms with E-state index in [2.05, 4.69) is 26.6 Å². The van der Waals surface area contributed by atoms with Crippen LogP contribution in [0.15, 0.2) is 21.3 Å². The van der Waals surface area contributed by atoms with E-state index in [0.717, 1.165) is 15.8 Å². The van der Waals surface area contributed by atoms with Crippen molar-refractivity contribution in [2.75, 3.05) is 13.1 Å². The van der Waals surface area contributed by atoms with E-state index in [1.165, 1.54) is 13.0 Å². The van der Waals surface area contributed by atoms with E-state index in [9.17, 15) is 9.59 Å². The molecule has 0 saturated heterocycles. The molecule has 0 atom stereocenters. The lowest BCUT2D eigenvalue weighted by Gasteiger charge is -2.02. The van der Waals surface area contributed by atoms with E-state index in [0.29, 0.717) is 13.1 Å². The third-order valence-corrected chi connectivity index (χ3v) is 3.56. The second kappa shape index (κ2) is 8.05. The summed E-state index contributed by atoms with van der Waals surface area (Å²) in [5.74, 6) is -0.176. The van der Waals surface area contributed by atoms with Crippen LogP contribution in [0, 0.1) is 0 Å². The van der Waals surface area contributed by atoms with Crippen LogP contribution in [-0.4, -0.2) is 24.9 Å². The number of thiophene rings is 1. The first-order valence-corrected chi connectivity index (χ1v) is 7.19. The number of carbonyl (C=O) groups excluding carboxylic acids is 2. The zero-order valence-corrected chi connectivity index (χ0v) is 12.4. The molecule has 0 unspecified atom stereocenters. The average Bonchev–Trinajstić information content (AvgIpc) is 2.71. The predicted octanol–water partition coefficient (Wildman–Crippen LogP) is 2.17. The molecule has 0 bridgehead atoms. The molecule has 0 aliphatic rings. The Kier molecular flexibility index (Phi) is 6.67. The largest absolute Gasteiger partial charge is 0.356 e. The summed E-state index contributed by atoms with van der Waals surface area (Å²) < 4.78 is 1.04. The van der Waals surface area contributed by atoms with Gasteiger partial charge in [0.1, 0.15) is 0 Å². The molecule has 2 amide bonds. The first kappa shape index (κ1) is 14.9. The van der Waals surface area contributed by atoms with E-state index >= 15 is 0 Å². The van der Waals surface area contributed by atoms with Crippen LogP contribution in [0.5, 0.6) is 0 Å². The quantitative estimate of drug-likeness (QED) is 0.620. The standard InChI is InChI=1S/C12H15BrN2O2S/c1-9(16)14-5-2-6-15-12(17)4-3-10-7-11(13)18-8-10/h3-4,7-8H,2,5-6H2,1H3,(H,14,16)(H,15,17)/b4-3-. The molecule has 0 saturated carbocycles. The Morgan fingerprint density at radius 3 is 2.72 bits per heavy atom. The number of halogens is 1. The first-order chi connectivity index (χ1) is 8.58. The van der Waals surface area contributed by atoms with E-state index in [-0.39, 0.29) is 11.8 Å². The van der Waals surface area contributed by atoms with Crippen molar-refractivity contribution in [3.8, 4) is 0 Å². The van der Waals surface area contributed by atoms with Gasteiger partial charge in [0, 0.05) is 26.1 Å². The highest BCUT2D eigenvalue weighted by Gasteiger charge is 1.97. The molecular formula is C12H15BrN2O2S. The lowest BCUT2D eigenvalue weighted by molar-refractivity contribution is -0.119. The molecule has 0 fully saturated rings. The van der Waals surface area contributed by atoms with Crippen LogP contribution >= 0.6 is 27.3 Å². The normalized spacial score (nSPS) is 10.6. The zero-order valence-electron chi connectivity index (χ0n) is 10.0. The summed E-state index contributed by atoms with van der Waals surface area (Å²) in [6.45, 7) is 2.61. The van der Waals surface area contributed by atoms with E-state index < -0.39 is 0 Å². The molecule has 0 aliphatic heterocycles. The van der Waals surface area contributed by atoms with Gasteiger partial charge in [0.2, 0.25) is 11.8 Å². The van der Waals surface area contributed by atoms with Gasteiger partial charge >= 0.3 is 0 Å². The summed E-state index contributed by atoms with van der Waals surface area (Å²) in [4.78, 5) is 22.0. The lowest BCUT2D eigenvalue weighted by atomic mass is 10.3. The van der Waals surface area contributed by atoms with Gasteiger partial charge in [-0.2, -0.15) is 0 Å². The Hall–Kier alpha value is -1.14. The average molecular weight is 331 g/mol. The fourth-order valence-electron chi connectivity index (χ4n) is 1.21. The predicted molar refractivity (Wildman–Crippen MR) is 77.4 cm³/mol. The lowest BCUT2D eigenvalue weighted by Crippen LogP contribution is -2.27. The third kappa shape index (κ3) is 6.56. The van der Waals surface area contributed by atoms with Crippen LogP contribution < -0.4 is 10.6 Å². The second-order valence-corrected chi connectivity index (χ2v) is 5.94. The van der Waals surface area contributed by atoms with Crippen molar-refractivity contribution in [1.29, 1.82) is 0 Å². The van der Waals surface area contributed by atoms with Crippen LogP contribution in [0.4, 0.5) is 0 Å². The van der Waals surface area contributed by atoms with Crippen LogP contribution in [-0.2, 0) is 9.59 Å². The molecule has 4 nitrogen and oxygen atoms in total. The van der Waals surface area contributed by atoms with Crippen molar-refractivity contribution < 1.29 is 9.59 Å². The maximum Gasteiger partial charge on any atom is 0.244 e. The minimum Gasteiger partial charge on any atom is -0.356 e. The molecule has 0 radical (unpaired) electrons. The molecule has 0 aromatic carbocycles. The van der Waals surface area contributed by atoms with Gasteiger partial charge in [0.25, 0.3) is 0 Å². The van der Waals surface area contributed by atoms with E-state index in [4.69, 9.17) is 0 Å². The topological polar surface area (TPSA) is 58.2 Å². The number of hydrogen-bond acceptors (Lipinski definition) is 3. The Labute approximate surface area is 119 Å². The summed E-state index contributed by atoms with van der Waals surface area (Å²) in [5, 5.41) is 7.38. The molecule has 1 aromatic heterocycles. The van der Waals surface area contributed by atoms with Crippen LogP contribution in [0.3, 0.4) is 0 Å². The van der Waals surface area contributed by atoms with Gasteiger partial charge in [0.15, 0.2) is 0 Å². The number of hydrogen-bond donors (Lipinski definition) is 2. The molecule has 0 spiro atoms. The number of nitrogens with one attached hydrogen (secondary N) is 2. The summed E-state index contributed by atoms with van der Waals surface area (Å²) in [7, 11) is 0. The van der Waals surface area contributed by atoms with Gasteiger partial charge in [-0.1, -0.05) is 0 Å². The molecule has 1 rings (SSSR count). The van der Waals surface area contributed by atoms with Crippen molar-refractivity contribution in [2.24, 2.45) is 0 Å². The highest BCUT2D eigenvalue weighted by Crippen LogP contribution is 2.21. The van der Waals surface area contributed by atoms with Crippen LogP contribution in [0.25, 0.3) is 6.08 Å². The summed E-state index contributed by atoms with van der Waals surface area (Å²) in [6, 6.07) is 1.95. The van der Waals surface area contributed by atoms with Crippen LogP contribution in [0.2, 0.25) is 0 Å². The Morgan fingerprint density at radius 2 is 2.11 bits per heavy atom. The Bertz CT molecular complexity index is 443. The van der Waals surface area contributed by atoms with Gasteiger partial charge in [-0.05, 0) is 45.4 Å². The van der Waals surface area contributed by atoms with Crippen molar-refractivity contribution in [1.82, 2.24) is 10.6 Å². The molecule has 2 N–H and O–H groups in total. The fourth-order valence-corrected chi connectivity index (χ4v) is 2.35. The van der Waals surface area contributed by atoms with Gasteiger partial charge in [-0.25, -0.2) is 0 Å². The van der Waals surface area contributed by atoms with Gasteiger partial charge in [-0.15, -0.1) is 11.3 Å². The number of amides is 2. The molecule has 98 valence electrons. The maximum atomic E-state index is 11.4. The van der Waals surface area contributed by atoms with Crippen molar-refractivity contribution in [3.63, 3.8) is 0 Å². The summed E-state index contributed by atoms with van der Waals surface area (Å²) in [6.07, 6.45) is 4.00. The smallest absolute Gasteiger partial charge is 0.244 e. The van der Waals surface area contributed by atoms with E-state index in [1.807, 2.05) is 11.4 Å². The molecular weight excluding hydrogens is 316 g/mol. The number of rotatable bonds is 6. The fraction of sp³-hybridized carbons (Fsp3) is 0.333. The SMILES string of the molecule is CC(=O)NCCCNC(=O)/C=C\c1csc(Br)c1. The summed E-state index contributed by atoms with van der Waals surface area (Å²) >= 11 is 4.94. The summed E-state index contributed by atoms with van der Waals surface area (Å²) in [5.41, 5.74) is 1.00. The van der Waals surface area contributed by atoms with Gasteiger partial charge in [0.05, 0.1) is 3.79 Å². The van der Waals surface area contributed by atoms with Crippen LogP contribution in [0.1, 0.15) is 18.9 Å². The second-order valence-electron chi connectivity index (χ2n) is 3.65. The van der Waals surface area contributed by atoms with Gasteiger partial charge in [-0.3, -0.25) is 9.59 Å². The van der Waals surface area contributed by atoms with Crippen molar-refractivity contribution >= 4 is 45.2 Å². The van der Waals surface area contributed by atoms with Crippen molar-refractivity contribution in [2.45, 2.75) is 13.3 Å². The zero-order chi connectivity index (χ0) is 13.4. The monoisotopic (exact) mass is 330 g/mol. The molecule has 6 heteroatoms. The van der Waals surface area contributed by atoms with Gasteiger partial charge < -0.3 is 10.6 Å². The minimum atomic E-state index is -0.125. The first-order valence-electron chi connectivity index (χ1n) is 5.52. The molecule has 18 heavy (non-hydrogen) atoms. The highest BCUT2D eigenvalue weighted by atomic mass is 79.9.